The number of nitrogens with one attached hydrogen (secondary N) is 1. The van der Waals surface area contributed by atoms with Crippen LogP contribution in [0.5, 0.6) is 0 Å². The molecule has 0 aliphatic carbocycles. The predicted molar refractivity (Wildman–Crippen MR) is 125 cm³/mol. The summed E-state index contributed by atoms with van der Waals surface area (Å²) in [6.07, 6.45) is 1.34. The summed E-state index contributed by atoms with van der Waals surface area (Å²) >= 11 is 0. The molecule has 1 N–H and O–H groups in total. The number of aryl methyl sites for hydroxylation is 3. The molecule has 6 heteroatoms. The highest BCUT2D eigenvalue weighted by Gasteiger charge is 2.33. The van der Waals surface area contributed by atoms with Crippen LogP contribution in [-0.2, 0) is 14.8 Å². The molecule has 0 bridgehead atoms. The third kappa shape index (κ3) is 4.36. The summed E-state index contributed by atoms with van der Waals surface area (Å²) in [5.41, 5.74) is 4.01. The Balaban J connectivity index is 1.54. The van der Waals surface area contributed by atoms with Crippen LogP contribution in [0.1, 0.15) is 29.5 Å². The molecule has 1 heterocycles. The van der Waals surface area contributed by atoms with Gasteiger partial charge in [-0.3, -0.25) is 4.79 Å². The lowest BCUT2D eigenvalue weighted by molar-refractivity contribution is -0.120. The van der Waals surface area contributed by atoms with Crippen molar-refractivity contribution in [3.63, 3.8) is 0 Å². The van der Waals surface area contributed by atoms with Gasteiger partial charge in [0.05, 0.1) is 10.8 Å². The van der Waals surface area contributed by atoms with Crippen LogP contribution in [0.15, 0.2) is 59.5 Å². The second-order valence-electron chi connectivity index (χ2n) is 8.47. The van der Waals surface area contributed by atoms with E-state index < -0.39 is 10.0 Å². The Kier molecular flexibility index (Phi) is 5.86. The van der Waals surface area contributed by atoms with Crippen molar-refractivity contribution < 1.29 is 13.2 Å². The molecule has 1 atom stereocenters. The van der Waals surface area contributed by atoms with Crippen LogP contribution in [0.4, 0.5) is 5.69 Å². The van der Waals surface area contributed by atoms with Gasteiger partial charge >= 0.3 is 0 Å². The highest BCUT2D eigenvalue weighted by atomic mass is 32.2. The first-order valence-electron chi connectivity index (χ1n) is 10.6. The Morgan fingerprint density at radius 2 is 1.65 bits per heavy atom. The van der Waals surface area contributed by atoms with Gasteiger partial charge in [-0.1, -0.05) is 48.0 Å². The van der Waals surface area contributed by atoms with E-state index >= 15 is 0 Å². The third-order valence-corrected chi connectivity index (χ3v) is 7.90. The molecule has 162 valence electrons. The monoisotopic (exact) mass is 436 g/mol. The van der Waals surface area contributed by atoms with Gasteiger partial charge in [0.1, 0.15) is 0 Å². The molecule has 1 saturated heterocycles. The molecule has 1 aliphatic heterocycles. The number of carbonyl (C=O) groups is 1. The fraction of sp³-hybridized carbons (Fsp3) is 0.320. The summed E-state index contributed by atoms with van der Waals surface area (Å²) in [4.78, 5) is 13.3. The van der Waals surface area contributed by atoms with Crippen molar-refractivity contribution in [3.05, 3.63) is 71.3 Å². The van der Waals surface area contributed by atoms with Crippen molar-refractivity contribution >= 4 is 32.4 Å². The van der Waals surface area contributed by atoms with Gasteiger partial charge in [0.25, 0.3) is 0 Å². The summed E-state index contributed by atoms with van der Waals surface area (Å²) in [7, 11) is -3.66. The van der Waals surface area contributed by atoms with Crippen molar-refractivity contribution in [3.8, 4) is 0 Å². The van der Waals surface area contributed by atoms with Gasteiger partial charge in [-0.25, -0.2) is 8.42 Å². The molecule has 0 unspecified atom stereocenters. The van der Waals surface area contributed by atoms with E-state index in [1.54, 1.807) is 12.1 Å². The summed E-state index contributed by atoms with van der Waals surface area (Å²) < 4.78 is 28.1. The van der Waals surface area contributed by atoms with E-state index in [1.807, 2.05) is 63.2 Å². The number of amides is 1. The van der Waals surface area contributed by atoms with Crippen LogP contribution in [-0.4, -0.2) is 31.7 Å². The second-order valence-corrected chi connectivity index (χ2v) is 10.4. The van der Waals surface area contributed by atoms with Gasteiger partial charge < -0.3 is 5.32 Å². The number of fused-ring (bicyclic) bond motifs is 1. The number of anilines is 1. The zero-order valence-corrected chi connectivity index (χ0v) is 19.0. The second kappa shape index (κ2) is 8.44. The van der Waals surface area contributed by atoms with E-state index in [9.17, 15) is 13.2 Å². The molecule has 0 spiro atoms. The third-order valence-electron chi connectivity index (χ3n) is 6.04. The van der Waals surface area contributed by atoms with Gasteiger partial charge in [-0.2, -0.15) is 4.31 Å². The first-order chi connectivity index (χ1) is 14.8. The van der Waals surface area contributed by atoms with Gasteiger partial charge in [-0.15, -0.1) is 0 Å². The number of nitrogens with zero attached hydrogens (tertiary/aromatic N) is 1. The maximum Gasteiger partial charge on any atom is 0.243 e. The fourth-order valence-corrected chi connectivity index (χ4v) is 6.01. The highest BCUT2D eigenvalue weighted by Crippen LogP contribution is 2.28. The van der Waals surface area contributed by atoms with Gasteiger partial charge in [-0.05, 0) is 67.6 Å². The van der Waals surface area contributed by atoms with Crippen LogP contribution in [0.25, 0.3) is 10.8 Å². The molecule has 1 aliphatic rings. The van der Waals surface area contributed by atoms with Crippen LogP contribution in [0.2, 0.25) is 0 Å². The maximum absolute atomic E-state index is 13.3. The molecule has 5 nitrogen and oxygen atoms in total. The van der Waals surface area contributed by atoms with E-state index in [4.69, 9.17) is 0 Å². The zero-order valence-electron chi connectivity index (χ0n) is 18.2. The largest absolute Gasteiger partial charge is 0.325 e. The van der Waals surface area contributed by atoms with Crippen LogP contribution in [0, 0.1) is 26.7 Å². The average Bonchev–Trinajstić information content (AvgIpc) is 2.75. The van der Waals surface area contributed by atoms with Crippen molar-refractivity contribution in [2.45, 2.75) is 38.5 Å². The molecule has 31 heavy (non-hydrogen) atoms. The fourth-order valence-electron chi connectivity index (χ4n) is 4.45. The average molecular weight is 437 g/mol. The minimum Gasteiger partial charge on any atom is -0.325 e. The number of benzene rings is 3. The number of hydrogen-bond acceptors (Lipinski definition) is 3. The number of rotatable bonds is 4. The van der Waals surface area contributed by atoms with E-state index in [-0.39, 0.29) is 23.3 Å². The Morgan fingerprint density at radius 3 is 2.35 bits per heavy atom. The molecular formula is C25H28N2O3S. The summed E-state index contributed by atoms with van der Waals surface area (Å²) in [6.45, 7) is 6.62. The lowest BCUT2D eigenvalue weighted by Crippen LogP contribution is -2.43. The molecule has 0 radical (unpaired) electrons. The first-order valence-corrected chi connectivity index (χ1v) is 12.1. The molecule has 1 fully saturated rings. The quantitative estimate of drug-likeness (QED) is 0.639. The van der Waals surface area contributed by atoms with E-state index in [0.29, 0.717) is 19.4 Å². The van der Waals surface area contributed by atoms with Gasteiger partial charge in [0, 0.05) is 18.8 Å². The Bertz CT molecular complexity index is 1230. The smallest absolute Gasteiger partial charge is 0.243 e. The Hall–Kier alpha value is -2.70. The molecule has 1 amide bonds. The highest BCUT2D eigenvalue weighted by molar-refractivity contribution is 7.89. The number of sulfonamides is 1. The molecule has 3 aromatic carbocycles. The van der Waals surface area contributed by atoms with Gasteiger partial charge in [0.15, 0.2) is 0 Å². The van der Waals surface area contributed by atoms with Crippen LogP contribution >= 0.6 is 0 Å². The van der Waals surface area contributed by atoms with Crippen molar-refractivity contribution in [1.29, 1.82) is 0 Å². The van der Waals surface area contributed by atoms with E-state index in [2.05, 4.69) is 5.32 Å². The lowest BCUT2D eigenvalue weighted by Gasteiger charge is -2.31. The van der Waals surface area contributed by atoms with Crippen LogP contribution < -0.4 is 5.32 Å². The molecular weight excluding hydrogens is 408 g/mol. The standard InChI is InChI=1S/C25H28N2O3S/c1-17-13-18(2)24(19(3)14-17)26-25(28)22-9-6-12-27(16-22)31(29,30)23-11-10-20-7-4-5-8-21(20)15-23/h4-5,7-8,10-11,13-15,22H,6,9,12,16H2,1-3H3,(H,26,28)/t22-/m1/s1. The summed E-state index contributed by atoms with van der Waals surface area (Å²) in [5.74, 6) is -0.488. The van der Waals surface area contributed by atoms with E-state index in [0.717, 1.165) is 33.2 Å². The summed E-state index contributed by atoms with van der Waals surface area (Å²) in [5, 5.41) is 4.94. The maximum atomic E-state index is 13.3. The normalized spacial score (nSPS) is 17.6. The van der Waals surface area contributed by atoms with E-state index in [1.165, 1.54) is 4.31 Å². The van der Waals surface area contributed by atoms with Crippen molar-refractivity contribution in [2.24, 2.45) is 5.92 Å². The number of piperidine rings is 1. The number of hydrogen-bond donors (Lipinski definition) is 1. The molecule has 3 aromatic rings. The topological polar surface area (TPSA) is 66.5 Å². The first kappa shape index (κ1) is 21.5. The predicted octanol–water partition coefficient (Wildman–Crippen LogP) is 4.80. The Labute approximate surface area is 184 Å². The lowest BCUT2D eigenvalue weighted by atomic mass is 9.98. The zero-order chi connectivity index (χ0) is 22.2. The minimum absolute atomic E-state index is 0.117. The number of carbonyl (C=O) groups excluding carboxylic acids is 1. The van der Waals surface area contributed by atoms with Crippen molar-refractivity contribution in [2.75, 3.05) is 18.4 Å². The molecule has 0 saturated carbocycles. The molecule has 0 aromatic heterocycles. The summed E-state index contributed by atoms with van der Waals surface area (Å²) in [6, 6.07) is 17.0. The Morgan fingerprint density at radius 1 is 0.968 bits per heavy atom. The van der Waals surface area contributed by atoms with Crippen molar-refractivity contribution in [1.82, 2.24) is 4.31 Å². The van der Waals surface area contributed by atoms with Gasteiger partial charge in [0.2, 0.25) is 15.9 Å². The molecule has 4 rings (SSSR count). The van der Waals surface area contributed by atoms with Crippen LogP contribution in [0.3, 0.4) is 0 Å². The SMILES string of the molecule is Cc1cc(C)c(NC(=O)[C@@H]2CCCN(S(=O)(=O)c3ccc4ccccc4c3)C2)c(C)c1. The minimum atomic E-state index is -3.66.